The molecule has 0 saturated carbocycles. The van der Waals surface area contributed by atoms with Crippen LogP contribution in [0.3, 0.4) is 0 Å². The van der Waals surface area contributed by atoms with Gasteiger partial charge in [0.05, 0.1) is 0 Å². The van der Waals surface area contributed by atoms with Crippen molar-refractivity contribution in [3.05, 3.63) is 0 Å². The highest BCUT2D eigenvalue weighted by molar-refractivity contribution is 7.85. The van der Waals surface area contributed by atoms with Gasteiger partial charge in [0.25, 0.3) is 0 Å². The molecule has 2 nitrogen and oxygen atoms in total. The van der Waals surface area contributed by atoms with E-state index in [0.717, 1.165) is 37.0 Å². The van der Waals surface area contributed by atoms with E-state index in [9.17, 15) is 4.21 Å². The number of rotatable bonds is 3. The normalized spacial score (nSPS) is 24.2. The summed E-state index contributed by atoms with van der Waals surface area (Å²) in [5.74, 6) is 2.96. The highest BCUT2D eigenvalue weighted by atomic mass is 35.5. The van der Waals surface area contributed by atoms with Gasteiger partial charge in [0, 0.05) is 47.8 Å². The van der Waals surface area contributed by atoms with E-state index in [-0.39, 0.29) is 0 Å². The van der Waals surface area contributed by atoms with Gasteiger partial charge in [0.1, 0.15) is 0 Å². The highest BCUT2D eigenvalue weighted by Crippen LogP contribution is 2.05. The molecule has 1 heterocycles. The Morgan fingerprint density at radius 1 is 1.50 bits per heavy atom. The van der Waals surface area contributed by atoms with Crippen molar-refractivity contribution in [2.45, 2.75) is 6.92 Å². The van der Waals surface area contributed by atoms with Gasteiger partial charge in [-0.1, -0.05) is 6.92 Å². The van der Waals surface area contributed by atoms with E-state index in [1.165, 1.54) is 0 Å². The summed E-state index contributed by atoms with van der Waals surface area (Å²) < 4.78 is 11.0. The van der Waals surface area contributed by atoms with E-state index in [4.69, 9.17) is 11.6 Å². The molecule has 12 heavy (non-hydrogen) atoms. The number of halogens is 1. The van der Waals surface area contributed by atoms with E-state index in [1.807, 2.05) is 0 Å². The fourth-order valence-corrected chi connectivity index (χ4v) is 2.57. The second-order valence-corrected chi connectivity index (χ2v) is 5.41. The standard InChI is InChI=1S/C8H16ClNOS/c1-8(6-9)7-10-2-4-12(11)5-3-10/h8H,2-7H2,1H3. The molecule has 0 bridgehead atoms. The molecule has 0 aromatic rings. The van der Waals surface area contributed by atoms with Gasteiger partial charge in [-0.05, 0) is 5.92 Å². The van der Waals surface area contributed by atoms with Crippen molar-refractivity contribution in [1.82, 2.24) is 4.90 Å². The Bertz CT molecular complexity index is 155. The smallest absolute Gasteiger partial charge is 0.0363 e. The van der Waals surface area contributed by atoms with Gasteiger partial charge in [0.2, 0.25) is 0 Å². The van der Waals surface area contributed by atoms with E-state index >= 15 is 0 Å². The largest absolute Gasteiger partial charge is 0.301 e. The molecule has 72 valence electrons. The first-order chi connectivity index (χ1) is 5.72. The van der Waals surface area contributed by atoms with Gasteiger partial charge >= 0.3 is 0 Å². The highest BCUT2D eigenvalue weighted by Gasteiger charge is 2.16. The van der Waals surface area contributed by atoms with Crippen LogP contribution in [0.15, 0.2) is 0 Å². The summed E-state index contributed by atoms with van der Waals surface area (Å²) >= 11 is 5.71. The van der Waals surface area contributed by atoms with E-state index in [0.29, 0.717) is 5.92 Å². The van der Waals surface area contributed by atoms with Gasteiger partial charge in [0.15, 0.2) is 0 Å². The summed E-state index contributed by atoms with van der Waals surface area (Å²) in [5.41, 5.74) is 0. The summed E-state index contributed by atoms with van der Waals surface area (Å²) in [5, 5.41) is 0. The Morgan fingerprint density at radius 3 is 2.58 bits per heavy atom. The molecule has 0 spiro atoms. The van der Waals surface area contributed by atoms with Crippen LogP contribution in [0.2, 0.25) is 0 Å². The lowest BCUT2D eigenvalue weighted by atomic mass is 10.2. The first-order valence-electron chi connectivity index (χ1n) is 4.35. The fourth-order valence-electron chi connectivity index (χ4n) is 1.35. The van der Waals surface area contributed by atoms with Gasteiger partial charge in [-0.2, -0.15) is 0 Å². The van der Waals surface area contributed by atoms with Crippen LogP contribution in [0, 0.1) is 5.92 Å². The van der Waals surface area contributed by atoms with Crippen LogP contribution >= 0.6 is 11.6 Å². The predicted molar refractivity (Wildman–Crippen MR) is 54.2 cm³/mol. The first-order valence-corrected chi connectivity index (χ1v) is 6.38. The molecule has 1 fully saturated rings. The minimum Gasteiger partial charge on any atom is -0.301 e. The third-order valence-electron chi connectivity index (χ3n) is 2.10. The van der Waals surface area contributed by atoms with Gasteiger partial charge in [-0.3, -0.25) is 4.21 Å². The Labute approximate surface area is 81.7 Å². The summed E-state index contributed by atoms with van der Waals surface area (Å²) in [6.45, 7) is 5.17. The number of hydrogen-bond donors (Lipinski definition) is 0. The summed E-state index contributed by atoms with van der Waals surface area (Å²) in [6.07, 6.45) is 0. The minimum atomic E-state index is -0.552. The zero-order valence-corrected chi connectivity index (χ0v) is 9.03. The first kappa shape index (κ1) is 10.5. The monoisotopic (exact) mass is 209 g/mol. The fraction of sp³-hybridized carbons (Fsp3) is 1.00. The molecular formula is C8H16ClNOS. The molecule has 0 aromatic carbocycles. The van der Waals surface area contributed by atoms with Crippen molar-refractivity contribution in [2.75, 3.05) is 37.0 Å². The van der Waals surface area contributed by atoms with Crippen LogP contribution in [0.4, 0.5) is 0 Å². The molecule has 1 rings (SSSR count). The van der Waals surface area contributed by atoms with Crippen molar-refractivity contribution in [2.24, 2.45) is 5.92 Å². The Balaban J connectivity index is 2.21. The second kappa shape index (κ2) is 5.20. The Morgan fingerprint density at radius 2 is 2.08 bits per heavy atom. The van der Waals surface area contributed by atoms with Crippen molar-refractivity contribution >= 4 is 22.4 Å². The molecule has 0 N–H and O–H groups in total. The third-order valence-corrected chi connectivity index (χ3v) is 3.91. The maximum absolute atomic E-state index is 11.0. The van der Waals surface area contributed by atoms with Crippen LogP contribution in [0.25, 0.3) is 0 Å². The third kappa shape index (κ3) is 3.42. The van der Waals surface area contributed by atoms with E-state index in [2.05, 4.69) is 11.8 Å². The molecule has 1 aliphatic rings. The zero-order valence-electron chi connectivity index (χ0n) is 7.46. The lowest BCUT2D eigenvalue weighted by Gasteiger charge is -2.27. The van der Waals surface area contributed by atoms with Crippen LogP contribution in [-0.4, -0.2) is 46.1 Å². The zero-order chi connectivity index (χ0) is 8.97. The van der Waals surface area contributed by atoms with Crippen molar-refractivity contribution in [3.63, 3.8) is 0 Å². The molecule has 0 amide bonds. The molecule has 0 aromatic heterocycles. The van der Waals surface area contributed by atoms with Crippen molar-refractivity contribution in [1.29, 1.82) is 0 Å². The molecule has 1 unspecified atom stereocenters. The Hall–Kier alpha value is 0.400. The van der Waals surface area contributed by atoms with Crippen molar-refractivity contribution < 1.29 is 4.21 Å². The lowest BCUT2D eigenvalue weighted by molar-refractivity contribution is 0.267. The topological polar surface area (TPSA) is 20.3 Å². The van der Waals surface area contributed by atoms with Crippen LogP contribution in [0.1, 0.15) is 6.92 Å². The maximum Gasteiger partial charge on any atom is 0.0363 e. The molecule has 1 saturated heterocycles. The second-order valence-electron chi connectivity index (χ2n) is 3.41. The molecule has 0 aliphatic carbocycles. The van der Waals surface area contributed by atoms with Gasteiger partial charge in [-0.15, -0.1) is 11.6 Å². The van der Waals surface area contributed by atoms with Crippen LogP contribution in [0.5, 0.6) is 0 Å². The van der Waals surface area contributed by atoms with Gasteiger partial charge < -0.3 is 4.90 Å². The molecule has 1 aliphatic heterocycles. The Kier molecular flexibility index (Phi) is 4.54. The van der Waals surface area contributed by atoms with E-state index < -0.39 is 10.8 Å². The lowest BCUT2D eigenvalue weighted by Crippen LogP contribution is -2.40. The summed E-state index contributed by atoms with van der Waals surface area (Å²) in [6, 6.07) is 0. The SMILES string of the molecule is CC(CCl)CN1CCS(=O)CC1. The average molecular weight is 210 g/mol. The molecule has 0 radical (unpaired) electrons. The maximum atomic E-state index is 11.0. The van der Waals surface area contributed by atoms with Crippen molar-refractivity contribution in [3.8, 4) is 0 Å². The predicted octanol–water partition coefficient (Wildman–Crippen LogP) is 0.926. The summed E-state index contributed by atoms with van der Waals surface area (Å²) in [4.78, 5) is 2.36. The molecule has 4 heteroatoms. The number of alkyl halides is 1. The number of hydrogen-bond acceptors (Lipinski definition) is 2. The average Bonchev–Trinajstić information content (AvgIpc) is 2.09. The van der Waals surface area contributed by atoms with Crippen LogP contribution in [-0.2, 0) is 10.8 Å². The number of nitrogens with zero attached hydrogens (tertiary/aromatic N) is 1. The van der Waals surface area contributed by atoms with Crippen LogP contribution < -0.4 is 0 Å². The minimum absolute atomic E-state index is 0.552. The quantitative estimate of drug-likeness (QED) is 0.645. The summed E-state index contributed by atoms with van der Waals surface area (Å²) in [7, 11) is -0.552. The molecular weight excluding hydrogens is 194 g/mol. The van der Waals surface area contributed by atoms with Gasteiger partial charge in [-0.25, -0.2) is 0 Å². The molecule has 1 atom stereocenters. The van der Waals surface area contributed by atoms with E-state index in [1.54, 1.807) is 0 Å².